The third-order valence-electron chi connectivity index (χ3n) is 4.31. The van der Waals surface area contributed by atoms with E-state index in [2.05, 4.69) is 38.0 Å². The topological polar surface area (TPSA) is 24.5 Å². The maximum absolute atomic E-state index is 5.47. The lowest BCUT2D eigenvalue weighted by atomic mass is 9.78. The Morgan fingerprint density at radius 1 is 1.28 bits per heavy atom. The quantitative estimate of drug-likeness (QED) is 0.675. The summed E-state index contributed by atoms with van der Waals surface area (Å²) in [5, 5.41) is 3.51. The standard InChI is InChI=1S/C15H32N2O/c1-5-17(9-10-18-6-2)12-14-11-13(3)7-8-15(14)16-4/h13-16H,5-12H2,1-4H3. The van der Waals surface area contributed by atoms with Crippen molar-refractivity contribution in [1.29, 1.82) is 0 Å². The highest BCUT2D eigenvalue weighted by atomic mass is 16.5. The number of nitrogens with zero attached hydrogens (tertiary/aromatic N) is 1. The monoisotopic (exact) mass is 256 g/mol. The molecule has 1 rings (SSSR count). The summed E-state index contributed by atoms with van der Waals surface area (Å²) in [4.78, 5) is 2.54. The van der Waals surface area contributed by atoms with E-state index >= 15 is 0 Å². The van der Waals surface area contributed by atoms with E-state index in [1.807, 2.05) is 0 Å². The lowest BCUT2D eigenvalue weighted by Gasteiger charge is -2.37. The Labute approximate surface area is 113 Å². The first kappa shape index (κ1) is 15.9. The average Bonchev–Trinajstić information content (AvgIpc) is 2.38. The molecule has 1 saturated carbocycles. The smallest absolute Gasteiger partial charge is 0.0593 e. The van der Waals surface area contributed by atoms with Crippen LogP contribution in [-0.4, -0.2) is 50.8 Å². The zero-order valence-corrected chi connectivity index (χ0v) is 12.7. The highest BCUT2D eigenvalue weighted by molar-refractivity contribution is 4.84. The van der Waals surface area contributed by atoms with Gasteiger partial charge in [-0.25, -0.2) is 0 Å². The molecule has 0 aromatic rings. The number of likely N-dealkylation sites (N-methyl/N-ethyl adjacent to an activating group) is 1. The van der Waals surface area contributed by atoms with Gasteiger partial charge >= 0.3 is 0 Å². The van der Waals surface area contributed by atoms with Crippen LogP contribution in [0.15, 0.2) is 0 Å². The molecule has 3 heteroatoms. The van der Waals surface area contributed by atoms with Crippen molar-refractivity contribution >= 4 is 0 Å². The predicted molar refractivity (Wildman–Crippen MR) is 78.0 cm³/mol. The molecule has 0 bridgehead atoms. The van der Waals surface area contributed by atoms with E-state index in [9.17, 15) is 0 Å². The summed E-state index contributed by atoms with van der Waals surface area (Å²) in [7, 11) is 2.12. The van der Waals surface area contributed by atoms with Crippen LogP contribution in [0.1, 0.15) is 40.0 Å². The molecule has 0 aromatic heterocycles. The van der Waals surface area contributed by atoms with Gasteiger partial charge in [0.15, 0.2) is 0 Å². The molecule has 1 fully saturated rings. The van der Waals surface area contributed by atoms with E-state index in [-0.39, 0.29) is 0 Å². The first-order valence-corrected chi connectivity index (χ1v) is 7.68. The van der Waals surface area contributed by atoms with Gasteiger partial charge < -0.3 is 15.0 Å². The Kier molecular flexibility index (Phi) is 7.87. The maximum Gasteiger partial charge on any atom is 0.0593 e. The predicted octanol–water partition coefficient (Wildman–Crippen LogP) is 2.37. The molecular weight excluding hydrogens is 224 g/mol. The van der Waals surface area contributed by atoms with Crippen molar-refractivity contribution in [1.82, 2.24) is 10.2 Å². The second kappa shape index (κ2) is 8.89. The van der Waals surface area contributed by atoms with Crippen LogP contribution in [-0.2, 0) is 4.74 Å². The number of nitrogens with one attached hydrogen (secondary N) is 1. The second-order valence-corrected chi connectivity index (χ2v) is 5.66. The number of hydrogen-bond acceptors (Lipinski definition) is 3. The van der Waals surface area contributed by atoms with Crippen LogP contribution in [0.25, 0.3) is 0 Å². The van der Waals surface area contributed by atoms with Crippen LogP contribution in [0, 0.1) is 11.8 Å². The Morgan fingerprint density at radius 2 is 2.06 bits per heavy atom. The van der Waals surface area contributed by atoms with E-state index in [1.54, 1.807) is 0 Å². The minimum atomic E-state index is 0.711. The van der Waals surface area contributed by atoms with Gasteiger partial charge in [-0.1, -0.05) is 13.8 Å². The van der Waals surface area contributed by atoms with Crippen LogP contribution in [0.3, 0.4) is 0 Å². The van der Waals surface area contributed by atoms with Crippen molar-refractivity contribution in [3.63, 3.8) is 0 Å². The Balaban J connectivity index is 2.39. The molecule has 18 heavy (non-hydrogen) atoms. The van der Waals surface area contributed by atoms with E-state index in [4.69, 9.17) is 4.74 Å². The van der Waals surface area contributed by atoms with Gasteiger partial charge in [0.2, 0.25) is 0 Å². The summed E-state index contributed by atoms with van der Waals surface area (Å²) in [6, 6.07) is 0.711. The van der Waals surface area contributed by atoms with Gasteiger partial charge in [0, 0.05) is 25.7 Å². The van der Waals surface area contributed by atoms with Crippen molar-refractivity contribution < 1.29 is 4.74 Å². The molecule has 0 aromatic carbocycles. The SMILES string of the molecule is CCOCCN(CC)CC1CC(C)CCC1NC. The minimum absolute atomic E-state index is 0.711. The Bertz CT molecular complexity index is 211. The van der Waals surface area contributed by atoms with Crippen molar-refractivity contribution in [2.75, 3.05) is 39.9 Å². The van der Waals surface area contributed by atoms with Gasteiger partial charge in [-0.2, -0.15) is 0 Å². The van der Waals surface area contributed by atoms with E-state index in [0.29, 0.717) is 6.04 Å². The van der Waals surface area contributed by atoms with Crippen molar-refractivity contribution in [3.8, 4) is 0 Å². The highest BCUT2D eigenvalue weighted by Crippen LogP contribution is 2.29. The zero-order valence-electron chi connectivity index (χ0n) is 12.7. The summed E-state index contributed by atoms with van der Waals surface area (Å²) in [5.74, 6) is 1.70. The number of rotatable bonds is 8. The Hall–Kier alpha value is -0.120. The lowest BCUT2D eigenvalue weighted by Crippen LogP contribution is -2.45. The average molecular weight is 256 g/mol. The minimum Gasteiger partial charge on any atom is -0.380 e. The molecule has 0 heterocycles. The Morgan fingerprint density at radius 3 is 2.67 bits per heavy atom. The van der Waals surface area contributed by atoms with Gasteiger partial charge in [-0.05, 0) is 51.6 Å². The molecule has 3 atom stereocenters. The maximum atomic E-state index is 5.47. The van der Waals surface area contributed by atoms with Crippen molar-refractivity contribution in [3.05, 3.63) is 0 Å². The molecule has 3 unspecified atom stereocenters. The van der Waals surface area contributed by atoms with Gasteiger partial charge in [-0.3, -0.25) is 0 Å². The van der Waals surface area contributed by atoms with E-state index < -0.39 is 0 Å². The summed E-state index contributed by atoms with van der Waals surface area (Å²) in [6.07, 6.45) is 4.09. The van der Waals surface area contributed by atoms with Gasteiger partial charge in [0.25, 0.3) is 0 Å². The van der Waals surface area contributed by atoms with Crippen LogP contribution >= 0.6 is 0 Å². The third kappa shape index (κ3) is 5.25. The van der Waals surface area contributed by atoms with Gasteiger partial charge in [0.1, 0.15) is 0 Å². The molecule has 0 amide bonds. The summed E-state index contributed by atoms with van der Waals surface area (Å²) in [6.45, 7) is 11.9. The molecule has 1 aliphatic carbocycles. The number of ether oxygens (including phenoxy) is 1. The van der Waals surface area contributed by atoms with Gasteiger partial charge in [-0.15, -0.1) is 0 Å². The van der Waals surface area contributed by atoms with E-state index in [0.717, 1.165) is 38.1 Å². The molecular formula is C15H32N2O. The van der Waals surface area contributed by atoms with Crippen LogP contribution in [0.4, 0.5) is 0 Å². The molecule has 0 radical (unpaired) electrons. The summed E-state index contributed by atoms with van der Waals surface area (Å²) < 4.78 is 5.47. The third-order valence-corrected chi connectivity index (χ3v) is 4.31. The normalized spacial score (nSPS) is 28.8. The first-order chi connectivity index (χ1) is 8.71. The van der Waals surface area contributed by atoms with E-state index in [1.165, 1.54) is 25.8 Å². The first-order valence-electron chi connectivity index (χ1n) is 7.68. The molecule has 108 valence electrons. The molecule has 0 spiro atoms. The summed E-state index contributed by atoms with van der Waals surface area (Å²) >= 11 is 0. The van der Waals surface area contributed by atoms with Crippen molar-refractivity contribution in [2.45, 2.75) is 46.1 Å². The zero-order chi connectivity index (χ0) is 13.4. The fraction of sp³-hybridized carbons (Fsp3) is 1.00. The van der Waals surface area contributed by atoms with Crippen LogP contribution in [0.2, 0.25) is 0 Å². The number of hydrogen-bond donors (Lipinski definition) is 1. The molecule has 1 N–H and O–H groups in total. The fourth-order valence-electron chi connectivity index (χ4n) is 3.13. The molecule has 0 aliphatic heterocycles. The molecule has 1 aliphatic rings. The summed E-state index contributed by atoms with van der Waals surface area (Å²) in [5.41, 5.74) is 0. The fourth-order valence-corrected chi connectivity index (χ4v) is 3.13. The van der Waals surface area contributed by atoms with Crippen LogP contribution < -0.4 is 5.32 Å². The highest BCUT2D eigenvalue weighted by Gasteiger charge is 2.28. The largest absolute Gasteiger partial charge is 0.380 e. The van der Waals surface area contributed by atoms with Gasteiger partial charge in [0.05, 0.1) is 6.61 Å². The molecule has 0 saturated heterocycles. The molecule has 3 nitrogen and oxygen atoms in total. The van der Waals surface area contributed by atoms with Crippen LogP contribution in [0.5, 0.6) is 0 Å². The lowest BCUT2D eigenvalue weighted by molar-refractivity contribution is 0.0941. The second-order valence-electron chi connectivity index (χ2n) is 5.66. The van der Waals surface area contributed by atoms with Crippen molar-refractivity contribution in [2.24, 2.45) is 11.8 Å².